The summed E-state index contributed by atoms with van der Waals surface area (Å²) in [5.74, 6) is 0.0719. The van der Waals surface area contributed by atoms with E-state index in [1.165, 1.54) is 41.3 Å². The van der Waals surface area contributed by atoms with Gasteiger partial charge in [-0.1, -0.05) is 12.1 Å². The van der Waals surface area contributed by atoms with Crippen molar-refractivity contribution in [2.75, 3.05) is 5.32 Å². The summed E-state index contributed by atoms with van der Waals surface area (Å²) in [6.45, 7) is 1.71. The Morgan fingerprint density at radius 2 is 2.03 bits per heavy atom. The number of aromatic nitrogens is 3. The summed E-state index contributed by atoms with van der Waals surface area (Å²) in [7, 11) is 0. The van der Waals surface area contributed by atoms with Crippen LogP contribution >= 0.6 is 11.3 Å². The van der Waals surface area contributed by atoms with E-state index in [2.05, 4.69) is 20.7 Å². The highest BCUT2D eigenvalue weighted by Gasteiger charge is 2.15. The monoisotopic (exact) mass is 425 g/mol. The first-order valence-corrected chi connectivity index (χ1v) is 9.78. The van der Waals surface area contributed by atoms with Gasteiger partial charge in [-0.3, -0.25) is 14.9 Å². The molecule has 2 amide bonds. The van der Waals surface area contributed by atoms with Crippen LogP contribution in [0.3, 0.4) is 0 Å². The van der Waals surface area contributed by atoms with E-state index in [9.17, 15) is 14.0 Å². The van der Waals surface area contributed by atoms with Crippen molar-refractivity contribution >= 4 is 28.3 Å². The number of hydrogen-bond acceptors (Lipinski definition) is 6. The fourth-order valence-corrected chi connectivity index (χ4v) is 3.34. The second-order valence-corrected chi connectivity index (χ2v) is 7.12. The molecule has 0 aliphatic rings. The molecule has 0 unspecified atom stereocenters. The number of amides is 2. The van der Waals surface area contributed by atoms with Gasteiger partial charge in [0.15, 0.2) is 16.6 Å². The number of carbonyl (C=O) groups is 2. The summed E-state index contributed by atoms with van der Waals surface area (Å²) in [5, 5.41) is 11.6. The zero-order valence-electron chi connectivity index (χ0n) is 15.8. The Bertz CT molecular complexity index is 1210. The number of rotatable bonds is 6. The SMILES string of the molecule is CC(=O)NCc1ccc(-c2csc(NC(=O)c3ccn(-c4ccccc4F)n3)n2)o1. The second-order valence-electron chi connectivity index (χ2n) is 6.26. The molecule has 30 heavy (non-hydrogen) atoms. The van der Waals surface area contributed by atoms with Gasteiger partial charge < -0.3 is 9.73 Å². The summed E-state index contributed by atoms with van der Waals surface area (Å²) in [6, 6.07) is 11.2. The number of carbonyl (C=O) groups excluding carboxylic acids is 2. The Morgan fingerprint density at radius 3 is 2.83 bits per heavy atom. The minimum absolute atomic E-state index is 0.130. The van der Waals surface area contributed by atoms with Crippen LogP contribution in [0.4, 0.5) is 9.52 Å². The van der Waals surface area contributed by atoms with Gasteiger partial charge in [0.05, 0.1) is 6.54 Å². The lowest BCUT2D eigenvalue weighted by molar-refractivity contribution is -0.119. The highest BCUT2D eigenvalue weighted by Crippen LogP contribution is 2.27. The molecule has 0 saturated carbocycles. The van der Waals surface area contributed by atoms with Crippen molar-refractivity contribution in [2.24, 2.45) is 0 Å². The normalized spacial score (nSPS) is 10.7. The van der Waals surface area contributed by atoms with Crippen molar-refractivity contribution in [3.8, 4) is 17.1 Å². The smallest absolute Gasteiger partial charge is 0.277 e. The molecule has 0 saturated heterocycles. The van der Waals surface area contributed by atoms with Gasteiger partial charge in [-0.2, -0.15) is 5.10 Å². The number of nitrogens with zero attached hydrogens (tertiary/aromatic N) is 3. The van der Waals surface area contributed by atoms with Gasteiger partial charge in [-0.25, -0.2) is 14.1 Å². The molecular weight excluding hydrogens is 409 g/mol. The third kappa shape index (κ3) is 4.28. The number of nitrogens with one attached hydrogen (secondary N) is 2. The van der Waals surface area contributed by atoms with Crippen molar-refractivity contribution in [1.82, 2.24) is 20.1 Å². The molecule has 0 bridgehead atoms. The molecule has 4 rings (SSSR count). The van der Waals surface area contributed by atoms with Crippen LogP contribution in [-0.2, 0) is 11.3 Å². The molecule has 0 fully saturated rings. The Kier molecular flexibility index (Phi) is 5.40. The summed E-state index contributed by atoms with van der Waals surface area (Å²) < 4.78 is 20.8. The third-order valence-corrected chi connectivity index (χ3v) is 4.83. The topological polar surface area (TPSA) is 102 Å². The first-order valence-electron chi connectivity index (χ1n) is 8.90. The molecule has 0 aliphatic carbocycles. The number of thiazole rings is 1. The highest BCUT2D eigenvalue weighted by molar-refractivity contribution is 7.14. The van der Waals surface area contributed by atoms with E-state index in [1.54, 1.807) is 35.7 Å². The molecule has 152 valence electrons. The third-order valence-electron chi connectivity index (χ3n) is 4.07. The van der Waals surface area contributed by atoms with Gasteiger partial charge in [-0.15, -0.1) is 11.3 Å². The summed E-state index contributed by atoms with van der Waals surface area (Å²) >= 11 is 1.23. The largest absolute Gasteiger partial charge is 0.458 e. The fourth-order valence-electron chi connectivity index (χ4n) is 2.64. The van der Waals surface area contributed by atoms with Crippen LogP contribution in [0.15, 0.2) is 58.5 Å². The van der Waals surface area contributed by atoms with Gasteiger partial charge in [0, 0.05) is 18.5 Å². The quantitative estimate of drug-likeness (QED) is 0.491. The van der Waals surface area contributed by atoms with Crippen molar-refractivity contribution in [3.63, 3.8) is 0 Å². The van der Waals surface area contributed by atoms with Gasteiger partial charge in [-0.05, 0) is 30.3 Å². The lowest BCUT2D eigenvalue weighted by Gasteiger charge is -2.02. The maximum absolute atomic E-state index is 13.9. The molecule has 0 atom stereocenters. The lowest BCUT2D eigenvalue weighted by Crippen LogP contribution is -2.18. The Morgan fingerprint density at radius 1 is 1.20 bits per heavy atom. The van der Waals surface area contributed by atoms with Gasteiger partial charge in [0.25, 0.3) is 5.91 Å². The van der Waals surface area contributed by atoms with Crippen LogP contribution in [0.1, 0.15) is 23.2 Å². The van der Waals surface area contributed by atoms with E-state index in [0.29, 0.717) is 22.3 Å². The average molecular weight is 425 g/mol. The number of benzene rings is 1. The maximum atomic E-state index is 13.9. The van der Waals surface area contributed by atoms with E-state index in [4.69, 9.17) is 4.42 Å². The van der Waals surface area contributed by atoms with Crippen molar-refractivity contribution in [1.29, 1.82) is 0 Å². The summed E-state index contributed by atoms with van der Waals surface area (Å²) in [5.41, 5.74) is 0.938. The van der Waals surface area contributed by atoms with Crippen molar-refractivity contribution < 1.29 is 18.4 Å². The maximum Gasteiger partial charge on any atom is 0.277 e. The zero-order chi connectivity index (χ0) is 21.1. The fraction of sp³-hybridized carbons (Fsp3) is 0.100. The Hall–Kier alpha value is -3.79. The van der Waals surface area contributed by atoms with Crippen LogP contribution in [0.5, 0.6) is 0 Å². The van der Waals surface area contributed by atoms with E-state index in [0.717, 1.165) is 0 Å². The Balaban J connectivity index is 1.43. The number of anilines is 1. The Labute approximate surface area is 174 Å². The number of hydrogen-bond donors (Lipinski definition) is 2. The van der Waals surface area contributed by atoms with Crippen LogP contribution in [-0.4, -0.2) is 26.6 Å². The molecule has 0 spiro atoms. The van der Waals surface area contributed by atoms with Crippen LogP contribution < -0.4 is 10.6 Å². The standard InChI is InChI=1S/C20H16FN5O3S/c1-12(27)22-10-13-6-7-18(29-13)16-11-30-20(23-16)24-19(28)15-8-9-26(25-15)17-5-3-2-4-14(17)21/h2-9,11H,10H2,1H3,(H,22,27)(H,23,24,28). The molecule has 3 aromatic heterocycles. The highest BCUT2D eigenvalue weighted by atomic mass is 32.1. The van der Waals surface area contributed by atoms with Crippen molar-refractivity contribution in [3.05, 3.63) is 71.3 Å². The summed E-state index contributed by atoms with van der Waals surface area (Å²) in [6.07, 6.45) is 1.51. The van der Waals surface area contributed by atoms with E-state index < -0.39 is 11.7 Å². The number of para-hydroxylation sites is 1. The number of furan rings is 1. The molecule has 0 aliphatic heterocycles. The first kappa shape index (κ1) is 19.5. The predicted molar refractivity (Wildman–Crippen MR) is 109 cm³/mol. The molecule has 8 nitrogen and oxygen atoms in total. The molecule has 3 heterocycles. The predicted octanol–water partition coefficient (Wildman–Crippen LogP) is 3.62. The van der Waals surface area contributed by atoms with Gasteiger partial charge in [0.2, 0.25) is 5.91 Å². The lowest BCUT2D eigenvalue weighted by atomic mass is 10.3. The molecular formula is C20H16FN5O3S. The first-order chi connectivity index (χ1) is 14.5. The van der Waals surface area contributed by atoms with E-state index in [1.807, 2.05) is 0 Å². The van der Waals surface area contributed by atoms with Crippen LogP contribution in [0.25, 0.3) is 17.1 Å². The summed E-state index contributed by atoms with van der Waals surface area (Å²) in [4.78, 5) is 27.8. The molecule has 4 aromatic rings. The van der Waals surface area contributed by atoms with Gasteiger partial charge >= 0.3 is 0 Å². The van der Waals surface area contributed by atoms with Crippen LogP contribution in [0.2, 0.25) is 0 Å². The average Bonchev–Trinajstić information content (AvgIpc) is 3.47. The zero-order valence-corrected chi connectivity index (χ0v) is 16.6. The van der Waals surface area contributed by atoms with E-state index in [-0.39, 0.29) is 23.8 Å². The van der Waals surface area contributed by atoms with E-state index >= 15 is 0 Å². The second kappa shape index (κ2) is 8.29. The minimum atomic E-state index is -0.461. The molecule has 1 aromatic carbocycles. The molecule has 2 N–H and O–H groups in total. The van der Waals surface area contributed by atoms with Crippen LogP contribution in [0, 0.1) is 5.82 Å². The minimum Gasteiger partial charge on any atom is -0.458 e. The van der Waals surface area contributed by atoms with Gasteiger partial charge in [0.1, 0.15) is 23.0 Å². The molecule has 10 heteroatoms. The van der Waals surface area contributed by atoms with Crippen molar-refractivity contribution in [2.45, 2.75) is 13.5 Å². The molecule has 0 radical (unpaired) electrons. The number of halogens is 1.